The highest BCUT2D eigenvalue weighted by Gasteiger charge is 2.12. The molecule has 0 unspecified atom stereocenters. The number of halogens is 1. The molecule has 0 aliphatic heterocycles. The van der Waals surface area contributed by atoms with Crippen LogP contribution in [0.4, 0.5) is 0 Å². The van der Waals surface area contributed by atoms with Gasteiger partial charge in [-0.25, -0.2) is 0 Å². The predicted octanol–water partition coefficient (Wildman–Crippen LogP) is 2.07. The van der Waals surface area contributed by atoms with Crippen LogP contribution in [0.25, 0.3) is 0 Å². The number of hydrogen-bond donors (Lipinski definition) is 1. The second-order valence-electron chi connectivity index (χ2n) is 2.49. The van der Waals surface area contributed by atoms with Gasteiger partial charge in [-0.05, 0) is 41.6 Å². The molecule has 66 valence electrons. The number of phenolic OH excluding ortho intramolecular Hbond substituents is 1. The third kappa shape index (κ3) is 1.80. The Morgan fingerprint density at radius 3 is 2.69 bits per heavy atom. The van der Waals surface area contributed by atoms with E-state index in [1.165, 1.54) is 19.1 Å². The van der Waals surface area contributed by atoms with E-state index < -0.39 is 0 Å². The lowest BCUT2D eigenvalue weighted by atomic mass is 10.1. The average molecular weight is 287 g/mol. The molecule has 0 heterocycles. The van der Waals surface area contributed by atoms with Crippen LogP contribution in [-0.4, -0.2) is 10.9 Å². The SMILES string of the molecule is CC(=O)c1ccc(O)c(I)c1C#N. The van der Waals surface area contributed by atoms with Gasteiger partial charge in [0.05, 0.1) is 9.13 Å². The first-order valence-corrected chi connectivity index (χ1v) is 4.58. The van der Waals surface area contributed by atoms with Crippen molar-refractivity contribution in [2.75, 3.05) is 0 Å². The molecule has 13 heavy (non-hydrogen) atoms. The fourth-order valence-electron chi connectivity index (χ4n) is 0.968. The molecule has 4 heteroatoms. The number of hydrogen-bond acceptors (Lipinski definition) is 3. The van der Waals surface area contributed by atoms with E-state index in [1.807, 2.05) is 28.7 Å². The molecule has 0 aliphatic carbocycles. The summed E-state index contributed by atoms with van der Waals surface area (Å²) in [4.78, 5) is 11.1. The molecule has 0 aromatic heterocycles. The molecule has 0 aliphatic rings. The molecule has 3 nitrogen and oxygen atoms in total. The number of carbonyl (C=O) groups is 1. The summed E-state index contributed by atoms with van der Waals surface area (Å²) in [5, 5.41) is 18.0. The van der Waals surface area contributed by atoms with Crippen molar-refractivity contribution in [1.29, 1.82) is 5.26 Å². The van der Waals surface area contributed by atoms with Crippen molar-refractivity contribution in [3.63, 3.8) is 0 Å². The van der Waals surface area contributed by atoms with Crippen LogP contribution >= 0.6 is 22.6 Å². The van der Waals surface area contributed by atoms with Crippen molar-refractivity contribution in [2.45, 2.75) is 6.92 Å². The predicted molar refractivity (Wildman–Crippen MR) is 55.5 cm³/mol. The molecule has 0 atom stereocenters. The average Bonchev–Trinajstić information content (AvgIpc) is 2.09. The van der Waals surface area contributed by atoms with E-state index in [0.717, 1.165) is 0 Å². The van der Waals surface area contributed by atoms with Crippen LogP contribution in [-0.2, 0) is 0 Å². The molecule has 1 N–H and O–H groups in total. The van der Waals surface area contributed by atoms with Crippen molar-refractivity contribution < 1.29 is 9.90 Å². The molecule has 0 saturated carbocycles. The number of carbonyl (C=O) groups excluding carboxylic acids is 1. The van der Waals surface area contributed by atoms with E-state index in [0.29, 0.717) is 9.13 Å². The summed E-state index contributed by atoms with van der Waals surface area (Å²) in [6, 6.07) is 4.77. The first kappa shape index (κ1) is 9.99. The monoisotopic (exact) mass is 287 g/mol. The molecule has 0 amide bonds. The van der Waals surface area contributed by atoms with E-state index >= 15 is 0 Å². The number of phenols is 1. The molecule has 0 spiro atoms. The van der Waals surface area contributed by atoms with Crippen LogP contribution in [0.1, 0.15) is 22.8 Å². The molecule has 0 radical (unpaired) electrons. The minimum Gasteiger partial charge on any atom is -0.507 e. The number of ketones is 1. The topological polar surface area (TPSA) is 61.1 Å². The zero-order valence-electron chi connectivity index (χ0n) is 6.84. The number of nitrogens with zero attached hydrogens (tertiary/aromatic N) is 1. The van der Waals surface area contributed by atoms with E-state index in [1.54, 1.807) is 0 Å². The largest absolute Gasteiger partial charge is 0.507 e. The maximum absolute atomic E-state index is 11.1. The Kier molecular flexibility index (Phi) is 2.88. The van der Waals surface area contributed by atoms with Gasteiger partial charge in [0.2, 0.25) is 0 Å². The minimum atomic E-state index is -0.172. The Morgan fingerprint density at radius 2 is 2.23 bits per heavy atom. The van der Waals surface area contributed by atoms with Crippen molar-refractivity contribution in [1.82, 2.24) is 0 Å². The highest BCUT2D eigenvalue weighted by atomic mass is 127. The summed E-state index contributed by atoms with van der Waals surface area (Å²) >= 11 is 1.84. The lowest BCUT2D eigenvalue weighted by Crippen LogP contribution is -1.98. The Morgan fingerprint density at radius 1 is 1.62 bits per heavy atom. The van der Waals surface area contributed by atoms with Crippen LogP contribution in [0.15, 0.2) is 12.1 Å². The Hall–Kier alpha value is -1.09. The lowest BCUT2D eigenvalue weighted by Gasteiger charge is -2.03. The summed E-state index contributed by atoms with van der Waals surface area (Å²) in [6.07, 6.45) is 0. The van der Waals surface area contributed by atoms with E-state index in [9.17, 15) is 9.90 Å². The third-order valence-corrected chi connectivity index (χ3v) is 2.70. The number of benzene rings is 1. The Bertz CT molecular complexity index is 407. The van der Waals surface area contributed by atoms with Crippen molar-refractivity contribution in [3.05, 3.63) is 26.8 Å². The highest BCUT2D eigenvalue weighted by molar-refractivity contribution is 14.1. The Labute approximate surface area is 89.1 Å². The standard InChI is InChI=1S/C9H6INO2/c1-5(12)6-2-3-8(13)9(10)7(6)4-11/h2-3,13H,1H3. The lowest BCUT2D eigenvalue weighted by molar-refractivity contribution is 0.101. The molecule has 1 aromatic carbocycles. The minimum absolute atomic E-state index is 0.0298. The highest BCUT2D eigenvalue weighted by Crippen LogP contribution is 2.25. The van der Waals surface area contributed by atoms with Crippen LogP contribution in [0, 0.1) is 14.9 Å². The van der Waals surface area contributed by atoms with Crippen LogP contribution in [0.3, 0.4) is 0 Å². The van der Waals surface area contributed by atoms with Gasteiger partial charge >= 0.3 is 0 Å². The van der Waals surface area contributed by atoms with Crippen LogP contribution in [0.5, 0.6) is 5.75 Å². The summed E-state index contributed by atoms with van der Waals surface area (Å²) in [6.45, 7) is 1.39. The Balaban J connectivity index is 3.50. The molecular formula is C9H6INO2. The zero-order valence-corrected chi connectivity index (χ0v) is 8.99. The van der Waals surface area contributed by atoms with Crippen molar-refractivity contribution in [2.24, 2.45) is 0 Å². The zero-order chi connectivity index (χ0) is 10.0. The van der Waals surface area contributed by atoms with E-state index in [2.05, 4.69) is 0 Å². The summed E-state index contributed by atoms with van der Waals surface area (Å²) in [7, 11) is 0. The van der Waals surface area contributed by atoms with Crippen LogP contribution in [0.2, 0.25) is 0 Å². The fourth-order valence-corrected chi connectivity index (χ4v) is 1.56. The summed E-state index contributed by atoms with van der Waals surface area (Å²) in [5.41, 5.74) is 0.595. The third-order valence-electron chi connectivity index (χ3n) is 1.61. The molecule has 0 bridgehead atoms. The fraction of sp³-hybridized carbons (Fsp3) is 0.111. The van der Waals surface area contributed by atoms with Gasteiger partial charge in [-0.2, -0.15) is 5.26 Å². The van der Waals surface area contributed by atoms with Crippen LogP contribution < -0.4 is 0 Å². The van der Waals surface area contributed by atoms with Gasteiger partial charge in [-0.3, -0.25) is 4.79 Å². The summed E-state index contributed by atoms with van der Waals surface area (Å²) in [5.74, 6) is -0.142. The number of Topliss-reactive ketones (excluding diaryl/α,β-unsaturated/α-hetero) is 1. The van der Waals surface area contributed by atoms with E-state index in [-0.39, 0.29) is 17.1 Å². The van der Waals surface area contributed by atoms with E-state index in [4.69, 9.17) is 5.26 Å². The maximum atomic E-state index is 11.1. The van der Waals surface area contributed by atoms with Gasteiger partial charge < -0.3 is 5.11 Å². The smallest absolute Gasteiger partial charge is 0.161 e. The van der Waals surface area contributed by atoms with Gasteiger partial charge in [0.1, 0.15) is 11.8 Å². The quantitative estimate of drug-likeness (QED) is 0.635. The molecule has 0 saturated heterocycles. The van der Waals surface area contributed by atoms with Gasteiger partial charge in [-0.15, -0.1) is 0 Å². The van der Waals surface area contributed by atoms with Crippen molar-refractivity contribution >= 4 is 28.4 Å². The first-order valence-electron chi connectivity index (χ1n) is 3.50. The van der Waals surface area contributed by atoms with Gasteiger partial charge in [0.25, 0.3) is 0 Å². The molecule has 0 fully saturated rings. The van der Waals surface area contributed by atoms with Gasteiger partial charge in [0.15, 0.2) is 5.78 Å². The second-order valence-corrected chi connectivity index (χ2v) is 3.57. The normalized spacial score (nSPS) is 9.31. The first-order chi connectivity index (χ1) is 6.07. The molecule has 1 aromatic rings. The number of rotatable bonds is 1. The number of nitriles is 1. The van der Waals surface area contributed by atoms with Gasteiger partial charge in [-0.1, -0.05) is 0 Å². The molecular weight excluding hydrogens is 281 g/mol. The number of aromatic hydroxyl groups is 1. The van der Waals surface area contributed by atoms with Gasteiger partial charge in [0, 0.05) is 5.56 Å². The molecule has 1 rings (SSSR count). The second kappa shape index (κ2) is 3.75. The maximum Gasteiger partial charge on any atom is 0.161 e. The summed E-state index contributed by atoms with van der Waals surface area (Å²) < 4.78 is 0.424. The van der Waals surface area contributed by atoms with Crippen molar-refractivity contribution in [3.8, 4) is 11.8 Å².